The first-order valence-corrected chi connectivity index (χ1v) is 6.64. The van der Waals surface area contributed by atoms with E-state index in [1.165, 1.54) is 6.07 Å². The van der Waals surface area contributed by atoms with Crippen LogP contribution in [0.4, 0.5) is 0 Å². The fraction of sp³-hybridized carbons (Fsp3) is 0.417. The number of hydrogen-bond acceptors (Lipinski definition) is 3. The minimum Gasteiger partial charge on any atom is -0.507 e. The molecular formula is C12H15IN2O2. The molecule has 1 unspecified atom stereocenters. The van der Waals surface area contributed by atoms with Gasteiger partial charge in [-0.25, -0.2) is 0 Å². The molecule has 0 bridgehead atoms. The maximum Gasteiger partial charge on any atom is 0.254 e. The number of hydrogen-bond donors (Lipinski definition) is 2. The van der Waals surface area contributed by atoms with Crippen molar-refractivity contribution in [3.63, 3.8) is 0 Å². The summed E-state index contributed by atoms with van der Waals surface area (Å²) in [4.78, 5) is 13.9. The topological polar surface area (TPSA) is 52.6 Å². The molecule has 0 radical (unpaired) electrons. The largest absolute Gasteiger partial charge is 0.507 e. The number of nitrogens with one attached hydrogen (secondary N) is 1. The van der Waals surface area contributed by atoms with E-state index >= 15 is 0 Å². The van der Waals surface area contributed by atoms with Crippen LogP contribution in [0.3, 0.4) is 0 Å². The quantitative estimate of drug-likeness (QED) is 0.797. The molecule has 17 heavy (non-hydrogen) atoms. The fourth-order valence-electron chi connectivity index (χ4n) is 1.99. The van der Waals surface area contributed by atoms with Crippen LogP contribution in [0.1, 0.15) is 16.8 Å². The van der Waals surface area contributed by atoms with Crippen LogP contribution < -0.4 is 5.32 Å². The molecule has 1 aliphatic rings. The van der Waals surface area contributed by atoms with Gasteiger partial charge in [-0.3, -0.25) is 4.79 Å². The summed E-state index contributed by atoms with van der Waals surface area (Å²) in [6.07, 6.45) is 0.985. The Morgan fingerprint density at radius 1 is 1.59 bits per heavy atom. The highest BCUT2D eigenvalue weighted by Crippen LogP contribution is 2.22. The molecule has 1 atom stereocenters. The van der Waals surface area contributed by atoms with Gasteiger partial charge >= 0.3 is 0 Å². The summed E-state index contributed by atoms with van der Waals surface area (Å²) >= 11 is 2.03. The molecule has 0 aliphatic carbocycles. The van der Waals surface area contributed by atoms with E-state index in [1.54, 1.807) is 17.0 Å². The second kappa shape index (κ2) is 5.22. The summed E-state index contributed by atoms with van der Waals surface area (Å²) in [6, 6.07) is 5.29. The molecule has 1 saturated heterocycles. The third-order valence-electron chi connectivity index (χ3n) is 3.10. The summed E-state index contributed by atoms with van der Waals surface area (Å²) in [5.74, 6) is 0.125. The molecule has 0 saturated carbocycles. The highest BCUT2D eigenvalue weighted by Gasteiger charge is 2.24. The zero-order chi connectivity index (χ0) is 12.4. The number of halogens is 1. The lowest BCUT2D eigenvalue weighted by atomic mass is 10.1. The number of aromatic hydroxyl groups is 1. The van der Waals surface area contributed by atoms with Gasteiger partial charge in [0, 0.05) is 25.2 Å². The van der Waals surface area contributed by atoms with Crippen LogP contribution in [-0.2, 0) is 0 Å². The van der Waals surface area contributed by atoms with Crippen LogP contribution in [0.25, 0.3) is 0 Å². The van der Waals surface area contributed by atoms with Crippen molar-refractivity contribution >= 4 is 28.5 Å². The predicted molar refractivity (Wildman–Crippen MR) is 74.2 cm³/mol. The maximum absolute atomic E-state index is 12.2. The Bertz CT molecular complexity index is 431. The Hall–Kier alpha value is -0.820. The first-order valence-electron chi connectivity index (χ1n) is 5.56. The molecule has 0 spiro atoms. The number of amides is 1. The minimum atomic E-state index is -0.0367. The molecule has 0 aromatic heterocycles. The minimum absolute atomic E-state index is 0.0367. The lowest BCUT2D eigenvalue weighted by Gasteiger charge is -2.23. The molecule has 1 aliphatic heterocycles. The number of likely N-dealkylation sites (N-methyl/N-ethyl adjacent to an activating group) is 1. The van der Waals surface area contributed by atoms with Gasteiger partial charge in [-0.15, -0.1) is 0 Å². The number of nitrogens with zero attached hydrogens (tertiary/aromatic N) is 1. The van der Waals surface area contributed by atoms with Crippen molar-refractivity contribution in [2.75, 3.05) is 20.1 Å². The molecule has 2 N–H and O–H groups in total. The lowest BCUT2D eigenvalue weighted by molar-refractivity contribution is 0.0743. The summed E-state index contributed by atoms with van der Waals surface area (Å²) in [7, 11) is 1.81. The van der Waals surface area contributed by atoms with Gasteiger partial charge < -0.3 is 15.3 Å². The van der Waals surface area contributed by atoms with Gasteiger partial charge in [-0.05, 0) is 53.8 Å². The standard InChI is InChI=1S/C12H15IN2O2/c1-15(9-4-5-14-7-9)12(17)8-2-3-10(13)11(16)6-8/h2-3,6,9,14,16H,4-5,7H2,1H3. The van der Waals surface area contributed by atoms with Crippen LogP contribution in [0.5, 0.6) is 5.75 Å². The van der Waals surface area contributed by atoms with E-state index < -0.39 is 0 Å². The van der Waals surface area contributed by atoms with Crippen molar-refractivity contribution < 1.29 is 9.90 Å². The van der Waals surface area contributed by atoms with Gasteiger partial charge in [0.1, 0.15) is 5.75 Å². The second-order valence-corrected chi connectivity index (χ2v) is 5.39. The van der Waals surface area contributed by atoms with Crippen molar-refractivity contribution in [3.8, 4) is 5.75 Å². The Kier molecular flexibility index (Phi) is 3.88. The smallest absolute Gasteiger partial charge is 0.254 e. The maximum atomic E-state index is 12.2. The third-order valence-corrected chi connectivity index (χ3v) is 4.01. The number of rotatable bonds is 2. The zero-order valence-electron chi connectivity index (χ0n) is 9.61. The van der Waals surface area contributed by atoms with Crippen LogP contribution in [0, 0.1) is 3.57 Å². The average Bonchev–Trinajstić information content (AvgIpc) is 2.84. The molecule has 5 heteroatoms. The molecule has 1 aromatic carbocycles. The van der Waals surface area contributed by atoms with E-state index in [9.17, 15) is 9.90 Å². The van der Waals surface area contributed by atoms with Gasteiger partial charge in [0.2, 0.25) is 0 Å². The average molecular weight is 346 g/mol. The fourth-order valence-corrected chi connectivity index (χ4v) is 2.32. The molecule has 1 aromatic rings. The Morgan fingerprint density at radius 3 is 2.94 bits per heavy atom. The van der Waals surface area contributed by atoms with Crippen LogP contribution in [0.2, 0.25) is 0 Å². The summed E-state index contributed by atoms with van der Waals surface area (Å²) < 4.78 is 0.754. The Balaban J connectivity index is 2.15. The number of phenolic OH excluding ortho intramolecular Hbond substituents is 1. The van der Waals surface area contributed by atoms with E-state index in [0.717, 1.165) is 23.1 Å². The van der Waals surface area contributed by atoms with Crippen molar-refractivity contribution in [1.29, 1.82) is 0 Å². The lowest BCUT2D eigenvalue weighted by Crippen LogP contribution is -2.38. The predicted octanol–water partition coefficient (Wildman–Crippen LogP) is 1.43. The van der Waals surface area contributed by atoms with Gasteiger partial charge in [0.15, 0.2) is 0 Å². The summed E-state index contributed by atoms with van der Waals surface area (Å²) in [6.45, 7) is 1.80. The SMILES string of the molecule is CN(C(=O)c1ccc(I)c(O)c1)C1CCNC1. The monoisotopic (exact) mass is 346 g/mol. The van der Waals surface area contributed by atoms with E-state index in [4.69, 9.17) is 0 Å². The van der Waals surface area contributed by atoms with Crippen LogP contribution in [0.15, 0.2) is 18.2 Å². The molecule has 1 amide bonds. The normalized spacial score (nSPS) is 19.3. The van der Waals surface area contributed by atoms with Crippen molar-refractivity contribution in [1.82, 2.24) is 10.2 Å². The molecule has 4 nitrogen and oxygen atoms in total. The second-order valence-electron chi connectivity index (χ2n) is 4.23. The van der Waals surface area contributed by atoms with Gasteiger partial charge in [0.05, 0.1) is 3.57 Å². The van der Waals surface area contributed by atoms with E-state index in [2.05, 4.69) is 5.32 Å². The van der Waals surface area contributed by atoms with Crippen LogP contribution >= 0.6 is 22.6 Å². The number of carbonyl (C=O) groups is 1. The number of benzene rings is 1. The molecule has 1 fully saturated rings. The zero-order valence-corrected chi connectivity index (χ0v) is 11.8. The molecule has 92 valence electrons. The van der Waals surface area contributed by atoms with E-state index in [-0.39, 0.29) is 17.7 Å². The molecular weight excluding hydrogens is 331 g/mol. The number of carbonyl (C=O) groups excluding carboxylic acids is 1. The number of phenols is 1. The van der Waals surface area contributed by atoms with E-state index in [0.29, 0.717) is 5.56 Å². The highest BCUT2D eigenvalue weighted by molar-refractivity contribution is 14.1. The first-order chi connectivity index (χ1) is 8.09. The van der Waals surface area contributed by atoms with E-state index in [1.807, 2.05) is 29.6 Å². The van der Waals surface area contributed by atoms with Gasteiger partial charge in [-0.1, -0.05) is 0 Å². The summed E-state index contributed by atoms with van der Waals surface area (Å²) in [5, 5.41) is 12.8. The third kappa shape index (κ3) is 2.71. The van der Waals surface area contributed by atoms with Crippen molar-refractivity contribution in [2.45, 2.75) is 12.5 Å². The Labute approximate surface area is 114 Å². The van der Waals surface area contributed by atoms with Crippen LogP contribution in [-0.4, -0.2) is 42.1 Å². The van der Waals surface area contributed by atoms with Crippen molar-refractivity contribution in [2.24, 2.45) is 0 Å². The molecule has 1 heterocycles. The molecule has 2 rings (SSSR count). The van der Waals surface area contributed by atoms with Crippen molar-refractivity contribution in [3.05, 3.63) is 27.3 Å². The Morgan fingerprint density at radius 2 is 2.35 bits per heavy atom. The highest BCUT2D eigenvalue weighted by atomic mass is 127. The summed E-state index contributed by atoms with van der Waals surface area (Å²) in [5.41, 5.74) is 0.539. The first kappa shape index (κ1) is 12.6. The van der Waals surface area contributed by atoms with Gasteiger partial charge in [0.25, 0.3) is 5.91 Å². The van der Waals surface area contributed by atoms with Gasteiger partial charge in [-0.2, -0.15) is 0 Å².